The van der Waals surface area contributed by atoms with E-state index < -0.39 is 5.60 Å². The molecule has 0 radical (unpaired) electrons. The number of hydrogen-bond donors (Lipinski definition) is 0. The highest BCUT2D eigenvalue weighted by Crippen LogP contribution is 2.31. The summed E-state index contributed by atoms with van der Waals surface area (Å²) in [5, 5.41) is 0. The quantitative estimate of drug-likeness (QED) is 0.713. The molecule has 0 spiro atoms. The Kier molecular flexibility index (Phi) is 4.02. The zero-order valence-electron chi connectivity index (χ0n) is 11.0. The minimum Gasteiger partial charge on any atom is -0.444 e. The smallest absolute Gasteiger partial charge is 0.410 e. The van der Waals surface area contributed by atoms with Crippen LogP contribution in [0.1, 0.15) is 37.6 Å². The van der Waals surface area contributed by atoms with E-state index in [0.717, 1.165) is 23.2 Å². The summed E-state index contributed by atoms with van der Waals surface area (Å²) in [7, 11) is 0. The number of hydrogen-bond acceptors (Lipinski definition) is 3. The highest BCUT2D eigenvalue weighted by atomic mass is 79.9. The molecule has 0 bridgehead atoms. The molecule has 0 unspecified atom stereocenters. The van der Waals surface area contributed by atoms with Crippen molar-refractivity contribution in [2.75, 3.05) is 6.54 Å². The zero-order valence-corrected chi connectivity index (χ0v) is 13.4. The fraction of sp³-hybridized carbons (Fsp3) is 0.615. The molecule has 0 atom stereocenters. The summed E-state index contributed by atoms with van der Waals surface area (Å²) in [5.41, 5.74) is 0.816. The maximum absolute atomic E-state index is 12.1. The molecule has 100 valence electrons. The molecule has 1 aliphatic heterocycles. The third kappa shape index (κ3) is 3.48. The van der Waals surface area contributed by atoms with Gasteiger partial charge in [0.25, 0.3) is 0 Å². The zero-order chi connectivity index (χ0) is 13.3. The number of carbonyl (C=O) groups excluding carboxylic acids is 1. The van der Waals surface area contributed by atoms with Gasteiger partial charge in [-0.25, -0.2) is 4.79 Å². The van der Waals surface area contributed by atoms with E-state index in [0.29, 0.717) is 6.54 Å². The maximum atomic E-state index is 12.1. The molecule has 2 rings (SSSR count). The van der Waals surface area contributed by atoms with Crippen molar-refractivity contribution < 1.29 is 9.53 Å². The van der Waals surface area contributed by atoms with Crippen molar-refractivity contribution in [1.29, 1.82) is 0 Å². The number of aryl methyl sites for hydroxylation is 1. The van der Waals surface area contributed by atoms with Gasteiger partial charge in [0.05, 0.1) is 10.3 Å². The summed E-state index contributed by atoms with van der Waals surface area (Å²) < 4.78 is 6.57. The summed E-state index contributed by atoms with van der Waals surface area (Å²) >= 11 is 5.28. The number of fused-ring (bicyclic) bond motifs is 1. The second-order valence-electron chi connectivity index (χ2n) is 5.50. The fourth-order valence-electron chi connectivity index (χ4n) is 1.97. The maximum Gasteiger partial charge on any atom is 0.410 e. The molecule has 5 heteroatoms. The van der Waals surface area contributed by atoms with Gasteiger partial charge in [0, 0.05) is 11.4 Å². The van der Waals surface area contributed by atoms with Crippen LogP contribution >= 0.6 is 27.3 Å². The van der Waals surface area contributed by atoms with Crippen LogP contribution in [0, 0.1) is 0 Å². The van der Waals surface area contributed by atoms with E-state index in [1.165, 1.54) is 10.4 Å². The van der Waals surface area contributed by atoms with Crippen molar-refractivity contribution in [2.45, 2.75) is 45.8 Å². The van der Waals surface area contributed by atoms with E-state index in [2.05, 4.69) is 22.0 Å². The van der Waals surface area contributed by atoms with E-state index in [1.807, 2.05) is 20.8 Å². The molecule has 0 aromatic carbocycles. The molecule has 0 saturated heterocycles. The highest BCUT2D eigenvalue weighted by molar-refractivity contribution is 9.11. The Hall–Kier alpha value is -0.550. The number of nitrogens with zero attached hydrogens (tertiary/aromatic N) is 1. The van der Waals surface area contributed by atoms with Gasteiger partial charge < -0.3 is 9.64 Å². The van der Waals surface area contributed by atoms with Crippen LogP contribution in [0.25, 0.3) is 0 Å². The van der Waals surface area contributed by atoms with Crippen LogP contribution in [-0.2, 0) is 17.7 Å². The van der Waals surface area contributed by atoms with Crippen molar-refractivity contribution >= 4 is 33.4 Å². The van der Waals surface area contributed by atoms with Gasteiger partial charge in [-0.3, -0.25) is 0 Å². The molecule has 0 N–H and O–H groups in total. The van der Waals surface area contributed by atoms with Crippen molar-refractivity contribution in [2.24, 2.45) is 0 Å². The normalized spacial score (nSPS) is 16.1. The van der Waals surface area contributed by atoms with Gasteiger partial charge in [0.2, 0.25) is 0 Å². The number of halogens is 1. The summed E-state index contributed by atoms with van der Waals surface area (Å²) in [5.74, 6) is 0. The molecule has 0 aliphatic carbocycles. The van der Waals surface area contributed by atoms with Crippen LogP contribution in [0.4, 0.5) is 4.79 Å². The van der Waals surface area contributed by atoms with Crippen LogP contribution in [0.3, 0.4) is 0 Å². The second kappa shape index (κ2) is 5.21. The third-order valence-electron chi connectivity index (χ3n) is 2.71. The van der Waals surface area contributed by atoms with Crippen molar-refractivity contribution in [3.8, 4) is 0 Å². The lowest BCUT2D eigenvalue weighted by molar-refractivity contribution is 0.0237. The number of rotatable bonds is 0. The van der Waals surface area contributed by atoms with E-state index in [-0.39, 0.29) is 6.09 Å². The highest BCUT2D eigenvalue weighted by Gasteiger charge is 2.25. The molecule has 2 heterocycles. The fourth-order valence-corrected chi connectivity index (χ4v) is 3.77. The van der Waals surface area contributed by atoms with Crippen molar-refractivity contribution in [1.82, 2.24) is 4.90 Å². The molecule has 0 saturated carbocycles. The lowest BCUT2D eigenvalue weighted by Crippen LogP contribution is -2.36. The van der Waals surface area contributed by atoms with Crippen LogP contribution in [0.2, 0.25) is 0 Å². The molecule has 18 heavy (non-hydrogen) atoms. The lowest BCUT2D eigenvalue weighted by atomic mass is 10.2. The van der Waals surface area contributed by atoms with Crippen LogP contribution < -0.4 is 0 Å². The number of carbonyl (C=O) groups is 1. The van der Waals surface area contributed by atoms with Gasteiger partial charge in [-0.15, -0.1) is 11.3 Å². The molecule has 0 fully saturated rings. The van der Waals surface area contributed by atoms with Gasteiger partial charge in [-0.05, 0) is 61.2 Å². The first kappa shape index (κ1) is 13.9. The van der Waals surface area contributed by atoms with Gasteiger partial charge in [-0.2, -0.15) is 0 Å². The second-order valence-corrected chi connectivity index (χ2v) is 8.02. The van der Waals surface area contributed by atoms with Crippen LogP contribution in [-0.4, -0.2) is 23.1 Å². The van der Waals surface area contributed by atoms with Crippen LogP contribution in [0.5, 0.6) is 0 Å². The molecular weight excluding hydrogens is 314 g/mol. The molecule has 1 amide bonds. The molecule has 1 aromatic rings. The molecule has 1 aliphatic rings. The van der Waals surface area contributed by atoms with E-state index in [4.69, 9.17) is 4.74 Å². The number of ether oxygens (including phenoxy) is 1. The summed E-state index contributed by atoms with van der Waals surface area (Å²) in [4.78, 5) is 15.3. The number of thiophene rings is 1. The topological polar surface area (TPSA) is 29.5 Å². The monoisotopic (exact) mass is 331 g/mol. The Bertz CT molecular complexity index is 450. The first-order valence-corrected chi connectivity index (χ1v) is 7.71. The van der Waals surface area contributed by atoms with Crippen molar-refractivity contribution in [3.63, 3.8) is 0 Å². The summed E-state index contributed by atoms with van der Waals surface area (Å²) in [6.07, 6.45) is 1.84. The van der Waals surface area contributed by atoms with Crippen LogP contribution in [0.15, 0.2) is 9.85 Å². The van der Waals surface area contributed by atoms with Gasteiger partial charge in [0.1, 0.15) is 5.60 Å². The molecule has 3 nitrogen and oxygen atoms in total. The predicted molar refractivity (Wildman–Crippen MR) is 77.0 cm³/mol. The predicted octanol–water partition coefficient (Wildman–Crippen LogP) is 4.19. The average Bonchev–Trinajstić information content (AvgIpc) is 2.43. The third-order valence-corrected chi connectivity index (χ3v) is 4.45. The first-order chi connectivity index (χ1) is 8.35. The first-order valence-electron chi connectivity index (χ1n) is 6.10. The Morgan fingerprint density at radius 2 is 2.22 bits per heavy atom. The van der Waals surface area contributed by atoms with E-state index in [1.54, 1.807) is 16.2 Å². The van der Waals surface area contributed by atoms with Gasteiger partial charge in [0.15, 0.2) is 0 Å². The SMILES string of the molecule is CC(C)(C)OC(=O)N1CCCc2sc(Br)cc2C1. The average molecular weight is 332 g/mol. The molecular formula is C13H18BrNO2S. The Morgan fingerprint density at radius 3 is 2.89 bits per heavy atom. The number of amides is 1. The van der Waals surface area contributed by atoms with E-state index in [9.17, 15) is 4.79 Å². The Balaban J connectivity index is 2.09. The Labute approximate surface area is 120 Å². The summed E-state index contributed by atoms with van der Waals surface area (Å²) in [6.45, 7) is 7.13. The summed E-state index contributed by atoms with van der Waals surface area (Å²) in [6, 6.07) is 2.11. The largest absolute Gasteiger partial charge is 0.444 e. The molecule has 1 aromatic heterocycles. The van der Waals surface area contributed by atoms with Crippen molar-refractivity contribution in [3.05, 3.63) is 20.3 Å². The van der Waals surface area contributed by atoms with Gasteiger partial charge >= 0.3 is 6.09 Å². The Morgan fingerprint density at radius 1 is 1.50 bits per heavy atom. The standard InChI is InChI=1S/C13H18BrNO2S/c1-13(2,3)17-12(16)15-6-4-5-10-9(8-15)7-11(14)18-10/h7H,4-6,8H2,1-3H3. The lowest BCUT2D eigenvalue weighted by Gasteiger charge is -2.26. The minimum absolute atomic E-state index is 0.210. The van der Waals surface area contributed by atoms with E-state index >= 15 is 0 Å². The van der Waals surface area contributed by atoms with Gasteiger partial charge in [-0.1, -0.05) is 0 Å². The minimum atomic E-state index is -0.429.